The summed E-state index contributed by atoms with van der Waals surface area (Å²) in [6, 6.07) is 9.19. The van der Waals surface area contributed by atoms with Crippen LogP contribution in [0.5, 0.6) is 0 Å². The standard InChI is InChI=1S/C13H18O5/c14-7-10-11(15)12(16)13(17,8-18-10)6-9-4-2-1-3-5-9/h1-5,10-12,14-17H,6-8H2/t10-,11-,12+,13-/m1/s1. The van der Waals surface area contributed by atoms with Crippen LogP contribution in [-0.4, -0.2) is 57.6 Å². The van der Waals surface area contributed by atoms with Crippen molar-refractivity contribution in [2.75, 3.05) is 13.2 Å². The van der Waals surface area contributed by atoms with E-state index in [9.17, 15) is 15.3 Å². The molecule has 0 amide bonds. The van der Waals surface area contributed by atoms with E-state index in [-0.39, 0.29) is 19.6 Å². The minimum atomic E-state index is -1.54. The van der Waals surface area contributed by atoms with Crippen LogP contribution in [0.2, 0.25) is 0 Å². The Morgan fingerprint density at radius 1 is 1.22 bits per heavy atom. The Kier molecular flexibility index (Phi) is 3.99. The molecule has 0 unspecified atom stereocenters. The lowest BCUT2D eigenvalue weighted by molar-refractivity contribution is -0.239. The molecule has 5 nitrogen and oxygen atoms in total. The molecule has 0 radical (unpaired) electrons. The Hall–Kier alpha value is -0.980. The summed E-state index contributed by atoms with van der Waals surface area (Å²) in [6.07, 6.45) is -3.30. The molecular formula is C13H18O5. The van der Waals surface area contributed by atoms with Gasteiger partial charge in [0.2, 0.25) is 0 Å². The minimum absolute atomic E-state index is 0.120. The molecule has 2 rings (SSSR count). The topological polar surface area (TPSA) is 90.2 Å². The first-order chi connectivity index (χ1) is 8.57. The van der Waals surface area contributed by atoms with Crippen LogP contribution in [0.4, 0.5) is 0 Å². The van der Waals surface area contributed by atoms with E-state index >= 15 is 0 Å². The first kappa shape index (κ1) is 13.5. The lowest BCUT2D eigenvalue weighted by Crippen LogP contribution is -2.62. The summed E-state index contributed by atoms with van der Waals surface area (Å²) in [5, 5.41) is 39.0. The maximum Gasteiger partial charge on any atom is 0.120 e. The van der Waals surface area contributed by atoms with Crippen molar-refractivity contribution in [1.29, 1.82) is 0 Å². The summed E-state index contributed by atoms with van der Waals surface area (Å²) < 4.78 is 5.19. The first-order valence-electron chi connectivity index (χ1n) is 5.92. The monoisotopic (exact) mass is 254 g/mol. The van der Waals surface area contributed by atoms with Crippen LogP contribution < -0.4 is 0 Å². The minimum Gasteiger partial charge on any atom is -0.394 e. The van der Waals surface area contributed by atoms with Gasteiger partial charge in [0.15, 0.2) is 0 Å². The van der Waals surface area contributed by atoms with Gasteiger partial charge in [0.05, 0.1) is 13.2 Å². The van der Waals surface area contributed by atoms with Crippen LogP contribution in [0.25, 0.3) is 0 Å². The lowest BCUT2D eigenvalue weighted by atomic mass is 9.83. The fourth-order valence-corrected chi connectivity index (χ4v) is 2.22. The van der Waals surface area contributed by atoms with Crippen molar-refractivity contribution < 1.29 is 25.2 Å². The van der Waals surface area contributed by atoms with Gasteiger partial charge in [-0.3, -0.25) is 0 Å². The van der Waals surface area contributed by atoms with Crippen molar-refractivity contribution in [3.05, 3.63) is 35.9 Å². The van der Waals surface area contributed by atoms with E-state index in [4.69, 9.17) is 9.84 Å². The van der Waals surface area contributed by atoms with Gasteiger partial charge in [-0.05, 0) is 5.56 Å². The van der Waals surface area contributed by atoms with Crippen molar-refractivity contribution in [2.45, 2.75) is 30.3 Å². The molecule has 1 heterocycles. The molecule has 1 aliphatic rings. The van der Waals surface area contributed by atoms with Gasteiger partial charge >= 0.3 is 0 Å². The van der Waals surface area contributed by atoms with E-state index in [0.717, 1.165) is 5.56 Å². The molecule has 4 N–H and O–H groups in total. The second kappa shape index (κ2) is 5.34. The molecule has 0 aliphatic carbocycles. The molecule has 0 bridgehead atoms. The molecule has 1 aromatic carbocycles. The molecule has 1 saturated heterocycles. The van der Waals surface area contributed by atoms with Gasteiger partial charge in [-0.15, -0.1) is 0 Å². The zero-order chi connectivity index (χ0) is 13.2. The fourth-order valence-electron chi connectivity index (χ4n) is 2.22. The van der Waals surface area contributed by atoms with Gasteiger partial charge < -0.3 is 25.2 Å². The third kappa shape index (κ3) is 2.55. The van der Waals surface area contributed by atoms with Gasteiger partial charge in [-0.25, -0.2) is 0 Å². The molecule has 4 atom stereocenters. The van der Waals surface area contributed by atoms with Crippen molar-refractivity contribution in [3.8, 4) is 0 Å². The molecular weight excluding hydrogens is 236 g/mol. The highest BCUT2D eigenvalue weighted by atomic mass is 16.5. The molecule has 5 heteroatoms. The predicted molar refractivity (Wildman–Crippen MR) is 63.9 cm³/mol. The summed E-state index contributed by atoms with van der Waals surface area (Å²) in [5.41, 5.74) is -0.691. The molecule has 0 spiro atoms. The number of aliphatic hydroxyl groups excluding tert-OH is 3. The van der Waals surface area contributed by atoms with Gasteiger partial charge in [0.25, 0.3) is 0 Å². The van der Waals surface area contributed by atoms with Crippen LogP contribution in [0.3, 0.4) is 0 Å². The number of rotatable bonds is 3. The predicted octanol–water partition coefficient (Wildman–Crippen LogP) is -0.927. The summed E-state index contributed by atoms with van der Waals surface area (Å²) >= 11 is 0. The SMILES string of the molecule is OC[C@H]1OC[C@](O)(Cc2ccccc2)[C@@H](O)[C@@H]1O. The Morgan fingerprint density at radius 3 is 2.50 bits per heavy atom. The Bertz CT molecular complexity index is 382. The number of hydrogen-bond acceptors (Lipinski definition) is 5. The highest BCUT2D eigenvalue weighted by Gasteiger charge is 2.47. The smallest absolute Gasteiger partial charge is 0.120 e. The normalized spacial score (nSPS) is 36.6. The number of aliphatic hydroxyl groups is 4. The van der Waals surface area contributed by atoms with E-state index < -0.39 is 23.9 Å². The van der Waals surface area contributed by atoms with Gasteiger partial charge in [-0.1, -0.05) is 30.3 Å². The second-order valence-electron chi connectivity index (χ2n) is 4.73. The third-order valence-electron chi connectivity index (χ3n) is 3.34. The molecule has 18 heavy (non-hydrogen) atoms. The van der Waals surface area contributed by atoms with Crippen LogP contribution in [0.1, 0.15) is 5.56 Å². The van der Waals surface area contributed by atoms with E-state index in [1.807, 2.05) is 30.3 Å². The Morgan fingerprint density at radius 2 is 1.89 bits per heavy atom. The summed E-state index contributed by atoms with van der Waals surface area (Å²) in [6.45, 7) is -0.509. The highest BCUT2D eigenvalue weighted by Crippen LogP contribution is 2.27. The zero-order valence-corrected chi connectivity index (χ0v) is 9.94. The first-order valence-corrected chi connectivity index (χ1v) is 5.92. The molecule has 1 fully saturated rings. The molecule has 0 aromatic heterocycles. The van der Waals surface area contributed by atoms with Gasteiger partial charge in [-0.2, -0.15) is 0 Å². The molecule has 1 aromatic rings. The van der Waals surface area contributed by atoms with Crippen LogP contribution >= 0.6 is 0 Å². The number of benzene rings is 1. The van der Waals surface area contributed by atoms with Crippen molar-refractivity contribution in [2.24, 2.45) is 0 Å². The quantitative estimate of drug-likeness (QED) is 0.560. The highest BCUT2D eigenvalue weighted by molar-refractivity contribution is 5.18. The molecule has 100 valence electrons. The summed E-state index contributed by atoms with van der Waals surface area (Å²) in [4.78, 5) is 0. The van der Waals surface area contributed by atoms with Gasteiger partial charge in [0.1, 0.15) is 23.9 Å². The second-order valence-corrected chi connectivity index (χ2v) is 4.73. The maximum absolute atomic E-state index is 10.4. The van der Waals surface area contributed by atoms with Crippen LogP contribution in [-0.2, 0) is 11.2 Å². The zero-order valence-electron chi connectivity index (χ0n) is 9.94. The number of hydrogen-bond donors (Lipinski definition) is 4. The van der Waals surface area contributed by atoms with Crippen molar-refractivity contribution in [3.63, 3.8) is 0 Å². The molecule has 1 aliphatic heterocycles. The summed E-state index contributed by atoms with van der Waals surface area (Å²) in [7, 11) is 0. The van der Waals surface area contributed by atoms with E-state index in [0.29, 0.717) is 0 Å². The largest absolute Gasteiger partial charge is 0.394 e. The van der Waals surface area contributed by atoms with Crippen LogP contribution in [0.15, 0.2) is 30.3 Å². The average Bonchev–Trinajstić information content (AvgIpc) is 2.38. The number of ether oxygens (including phenoxy) is 1. The van der Waals surface area contributed by atoms with E-state index in [2.05, 4.69) is 0 Å². The summed E-state index contributed by atoms with van der Waals surface area (Å²) in [5.74, 6) is 0. The Labute approximate surface area is 105 Å². The van der Waals surface area contributed by atoms with Crippen molar-refractivity contribution >= 4 is 0 Å². The van der Waals surface area contributed by atoms with E-state index in [1.165, 1.54) is 0 Å². The van der Waals surface area contributed by atoms with Gasteiger partial charge in [0, 0.05) is 6.42 Å². The van der Waals surface area contributed by atoms with Crippen LogP contribution in [0, 0.1) is 0 Å². The fraction of sp³-hybridized carbons (Fsp3) is 0.538. The average molecular weight is 254 g/mol. The van der Waals surface area contributed by atoms with E-state index in [1.54, 1.807) is 0 Å². The molecule has 0 saturated carbocycles. The lowest BCUT2D eigenvalue weighted by Gasteiger charge is -2.43. The van der Waals surface area contributed by atoms with Crippen molar-refractivity contribution in [1.82, 2.24) is 0 Å². The third-order valence-corrected chi connectivity index (χ3v) is 3.34. The Balaban J connectivity index is 2.12. The maximum atomic E-state index is 10.4.